The summed E-state index contributed by atoms with van der Waals surface area (Å²) in [5.41, 5.74) is 2.30. The van der Waals surface area contributed by atoms with E-state index in [4.69, 9.17) is 11.6 Å². The second-order valence-corrected chi connectivity index (χ2v) is 2.58. The maximum Gasteiger partial charge on any atom is 0.141 e. The normalized spacial score (nSPS) is 9.56. The molecule has 0 aliphatic heterocycles. The van der Waals surface area contributed by atoms with E-state index in [0.717, 1.165) is 16.0 Å². The summed E-state index contributed by atoms with van der Waals surface area (Å²) < 4.78 is 0. The van der Waals surface area contributed by atoms with Gasteiger partial charge in [0.1, 0.15) is 7.85 Å². The average molecular weight is 138 g/mol. The zero-order chi connectivity index (χ0) is 6.85. The van der Waals surface area contributed by atoms with Crippen molar-refractivity contribution in [3.05, 3.63) is 28.8 Å². The molecule has 0 atom stereocenters. The lowest BCUT2D eigenvalue weighted by Crippen LogP contribution is -2.03. The standard InChI is InChI=1S/C7H8BCl/c1-5-3-2-4-6(8)7(5)9/h2-4H,8H2,1H3. The molecule has 9 heavy (non-hydrogen) atoms. The molecule has 0 nitrogen and oxygen atoms in total. The van der Waals surface area contributed by atoms with Crippen LogP contribution in [0, 0.1) is 6.92 Å². The van der Waals surface area contributed by atoms with Crippen LogP contribution in [0.25, 0.3) is 0 Å². The molecular formula is C7H8BCl. The minimum atomic E-state index is 0.887. The van der Waals surface area contributed by atoms with Crippen molar-refractivity contribution in [2.24, 2.45) is 0 Å². The van der Waals surface area contributed by atoms with Crippen LogP contribution in [-0.4, -0.2) is 7.85 Å². The lowest BCUT2D eigenvalue weighted by molar-refractivity contribution is 1.49. The van der Waals surface area contributed by atoms with Gasteiger partial charge in [-0.2, -0.15) is 0 Å². The third-order valence-corrected chi connectivity index (χ3v) is 1.98. The molecular weight excluding hydrogens is 130 g/mol. The van der Waals surface area contributed by atoms with Crippen LogP contribution in [0.15, 0.2) is 18.2 Å². The van der Waals surface area contributed by atoms with E-state index in [9.17, 15) is 0 Å². The number of benzene rings is 1. The highest BCUT2D eigenvalue weighted by Gasteiger charge is 1.94. The first-order chi connectivity index (χ1) is 4.22. The largest absolute Gasteiger partial charge is 0.141 e. The molecule has 0 saturated heterocycles. The van der Waals surface area contributed by atoms with Gasteiger partial charge in [0, 0.05) is 5.02 Å². The van der Waals surface area contributed by atoms with Crippen molar-refractivity contribution < 1.29 is 0 Å². The van der Waals surface area contributed by atoms with Gasteiger partial charge < -0.3 is 0 Å². The van der Waals surface area contributed by atoms with E-state index in [1.54, 1.807) is 0 Å². The van der Waals surface area contributed by atoms with Gasteiger partial charge in [0.15, 0.2) is 0 Å². The van der Waals surface area contributed by atoms with Gasteiger partial charge >= 0.3 is 0 Å². The highest BCUT2D eigenvalue weighted by atomic mass is 35.5. The fourth-order valence-electron chi connectivity index (χ4n) is 0.794. The Kier molecular flexibility index (Phi) is 1.82. The third-order valence-electron chi connectivity index (χ3n) is 1.38. The van der Waals surface area contributed by atoms with Crippen molar-refractivity contribution in [1.82, 2.24) is 0 Å². The topological polar surface area (TPSA) is 0 Å². The summed E-state index contributed by atoms with van der Waals surface area (Å²) in [6, 6.07) is 6.03. The van der Waals surface area contributed by atoms with Crippen molar-refractivity contribution >= 4 is 24.9 Å². The van der Waals surface area contributed by atoms with E-state index < -0.39 is 0 Å². The average Bonchev–Trinajstić information content (AvgIpc) is 1.83. The Morgan fingerprint density at radius 1 is 1.44 bits per heavy atom. The van der Waals surface area contributed by atoms with Gasteiger partial charge in [0.25, 0.3) is 0 Å². The summed E-state index contributed by atoms with van der Waals surface area (Å²) >= 11 is 5.88. The monoisotopic (exact) mass is 138 g/mol. The van der Waals surface area contributed by atoms with Gasteiger partial charge in [-0.15, -0.1) is 0 Å². The molecule has 0 aliphatic rings. The van der Waals surface area contributed by atoms with Crippen molar-refractivity contribution in [2.75, 3.05) is 0 Å². The maximum atomic E-state index is 5.88. The van der Waals surface area contributed by atoms with Gasteiger partial charge in [-0.25, -0.2) is 0 Å². The summed E-state index contributed by atoms with van der Waals surface area (Å²) in [6.07, 6.45) is 0. The SMILES string of the molecule is Bc1cccc(C)c1Cl. The van der Waals surface area contributed by atoms with Crippen molar-refractivity contribution in [1.29, 1.82) is 0 Å². The second-order valence-electron chi connectivity index (χ2n) is 2.21. The zero-order valence-corrected chi connectivity index (χ0v) is 6.37. The van der Waals surface area contributed by atoms with Crippen LogP contribution in [0.1, 0.15) is 5.56 Å². The van der Waals surface area contributed by atoms with Crippen LogP contribution in [0.2, 0.25) is 5.02 Å². The van der Waals surface area contributed by atoms with E-state index in [-0.39, 0.29) is 0 Å². The third kappa shape index (κ3) is 1.28. The van der Waals surface area contributed by atoms with E-state index in [1.165, 1.54) is 0 Å². The van der Waals surface area contributed by atoms with E-state index >= 15 is 0 Å². The molecule has 1 aromatic carbocycles. The smallest absolute Gasteiger partial charge is 0.0847 e. The molecule has 0 bridgehead atoms. The number of hydrogen-bond donors (Lipinski definition) is 0. The lowest BCUT2D eigenvalue weighted by Gasteiger charge is -1.98. The molecule has 0 heterocycles. The van der Waals surface area contributed by atoms with E-state index in [0.29, 0.717) is 0 Å². The molecule has 0 saturated carbocycles. The Labute approximate surface area is 61.3 Å². The van der Waals surface area contributed by atoms with Crippen molar-refractivity contribution in [3.63, 3.8) is 0 Å². The van der Waals surface area contributed by atoms with Crippen molar-refractivity contribution in [2.45, 2.75) is 6.92 Å². The van der Waals surface area contributed by atoms with E-state index in [2.05, 4.69) is 0 Å². The lowest BCUT2D eigenvalue weighted by atomic mass is 9.95. The molecule has 1 rings (SSSR count). The Morgan fingerprint density at radius 2 is 2.11 bits per heavy atom. The molecule has 0 fully saturated rings. The number of aryl methyl sites for hydroxylation is 1. The fourth-order valence-corrected chi connectivity index (χ4v) is 0.920. The second kappa shape index (κ2) is 2.44. The molecule has 0 N–H and O–H groups in total. The number of hydrogen-bond acceptors (Lipinski definition) is 0. The quantitative estimate of drug-likeness (QED) is 0.468. The minimum Gasteiger partial charge on any atom is -0.0847 e. The number of halogens is 1. The maximum absolute atomic E-state index is 5.88. The summed E-state index contributed by atoms with van der Waals surface area (Å²) in [6.45, 7) is 2.01. The first kappa shape index (κ1) is 6.69. The fraction of sp³-hybridized carbons (Fsp3) is 0.143. The predicted octanol–water partition coefficient (Wildman–Crippen LogP) is 0.907. The summed E-state index contributed by atoms with van der Waals surface area (Å²) in [5, 5.41) is 0.887. The molecule has 0 radical (unpaired) electrons. The Bertz CT molecular complexity index is 200. The van der Waals surface area contributed by atoms with Crippen LogP contribution in [0.3, 0.4) is 0 Å². The van der Waals surface area contributed by atoms with Crippen LogP contribution >= 0.6 is 11.6 Å². The van der Waals surface area contributed by atoms with Gasteiger partial charge in [0.05, 0.1) is 0 Å². The summed E-state index contributed by atoms with van der Waals surface area (Å²) in [5.74, 6) is 0. The molecule has 0 aliphatic carbocycles. The van der Waals surface area contributed by atoms with Gasteiger partial charge in [0.2, 0.25) is 0 Å². The van der Waals surface area contributed by atoms with Crippen LogP contribution in [0.5, 0.6) is 0 Å². The van der Waals surface area contributed by atoms with Gasteiger partial charge in [-0.3, -0.25) is 0 Å². The minimum absolute atomic E-state index is 0.887. The highest BCUT2D eigenvalue weighted by Crippen LogP contribution is 2.09. The molecule has 0 amide bonds. The van der Waals surface area contributed by atoms with Crippen molar-refractivity contribution in [3.8, 4) is 0 Å². The Hall–Kier alpha value is -0.425. The summed E-state index contributed by atoms with van der Waals surface area (Å²) in [7, 11) is 2.01. The summed E-state index contributed by atoms with van der Waals surface area (Å²) in [4.78, 5) is 0. The highest BCUT2D eigenvalue weighted by molar-refractivity contribution is 6.45. The van der Waals surface area contributed by atoms with Crippen LogP contribution in [0.4, 0.5) is 0 Å². The van der Waals surface area contributed by atoms with E-state index in [1.807, 2.05) is 33.0 Å². The Balaban J connectivity index is 3.25. The van der Waals surface area contributed by atoms with Gasteiger partial charge in [-0.1, -0.05) is 35.3 Å². The van der Waals surface area contributed by atoms with Crippen LogP contribution in [-0.2, 0) is 0 Å². The first-order valence-corrected chi connectivity index (χ1v) is 3.31. The molecule has 46 valence electrons. The zero-order valence-electron chi connectivity index (χ0n) is 5.61. The molecule has 0 unspecified atom stereocenters. The Morgan fingerprint density at radius 3 is 2.56 bits per heavy atom. The molecule has 0 aromatic heterocycles. The first-order valence-electron chi connectivity index (χ1n) is 2.93. The van der Waals surface area contributed by atoms with Crippen LogP contribution < -0.4 is 5.46 Å². The predicted molar refractivity (Wildman–Crippen MR) is 44.4 cm³/mol. The van der Waals surface area contributed by atoms with Gasteiger partial charge in [-0.05, 0) is 12.5 Å². The molecule has 2 heteroatoms. The molecule has 1 aromatic rings. The number of rotatable bonds is 0. The molecule has 0 spiro atoms.